The molecule has 0 aliphatic carbocycles. The number of ketones is 1. The van der Waals surface area contributed by atoms with Crippen molar-refractivity contribution in [2.24, 2.45) is 0 Å². The molecule has 1 aromatic carbocycles. The van der Waals surface area contributed by atoms with Crippen molar-refractivity contribution in [3.63, 3.8) is 0 Å². The first kappa shape index (κ1) is 13.0. The standard InChI is InChI=1S/C11H10ClF3O/c1-7(10(16)6-12)8-2-4-9(5-3-8)11(13,14)15/h2-5,7H,6H2,1H3. The van der Waals surface area contributed by atoms with Crippen LogP contribution in [0.1, 0.15) is 24.0 Å². The summed E-state index contributed by atoms with van der Waals surface area (Å²) in [7, 11) is 0. The maximum atomic E-state index is 12.3. The van der Waals surface area contributed by atoms with Gasteiger partial charge in [-0.15, -0.1) is 11.6 Å². The van der Waals surface area contributed by atoms with Crippen molar-refractivity contribution in [3.05, 3.63) is 35.4 Å². The molecule has 1 unspecified atom stereocenters. The van der Waals surface area contributed by atoms with E-state index in [1.807, 2.05) is 0 Å². The van der Waals surface area contributed by atoms with Crippen LogP contribution in [0, 0.1) is 0 Å². The lowest BCUT2D eigenvalue weighted by molar-refractivity contribution is -0.137. The van der Waals surface area contributed by atoms with E-state index in [0.717, 1.165) is 12.1 Å². The van der Waals surface area contributed by atoms with Crippen LogP contribution >= 0.6 is 11.6 Å². The summed E-state index contributed by atoms with van der Waals surface area (Å²) < 4.78 is 36.8. The molecule has 0 amide bonds. The average Bonchev–Trinajstić information content (AvgIpc) is 2.26. The van der Waals surface area contributed by atoms with Crippen molar-refractivity contribution in [2.75, 3.05) is 5.88 Å². The number of hydrogen-bond donors (Lipinski definition) is 0. The van der Waals surface area contributed by atoms with Gasteiger partial charge in [-0.2, -0.15) is 13.2 Å². The zero-order valence-electron chi connectivity index (χ0n) is 8.51. The number of hydrogen-bond acceptors (Lipinski definition) is 1. The van der Waals surface area contributed by atoms with Crippen molar-refractivity contribution in [1.29, 1.82) is 0 Å². The molecule has 1 atom stereocenters. The van der Waals surface area contributed by atoms with Gasteiger partial charge < -0.3 is 0 Å². The van der Waals surface area contributed by atoms with Crippen LogP contribution in [0.5, 0.6) is 0 Å². The van der Waals surface area contributed by atoms with Gasteiger partial charge in [0, 0.05) is 5.92 Å². The molecule has 1 nitrogen and oxygen atoms in total. The van der Waals surface area contributed by atoms with Gasteiger partial charge in [-0.05, 0) is 17.7 Å². The molecule has 0 saturated carbocycles. The third-order valence-corrected chi connectivity index (χ3v) is 2.62. The van der Waals surface area contributed by atoms with Crippen LogP contribution in [-0.4, -0.2) is 11.7 Å². The molecule has 88 valence electrons. The van der Waals surface area contributed by atoms with E-state index in [1.165, 1.54) is 12.1 Å². The highest BCUT2D eigenvalue weighted by molar-refractivity contribution is 6.28. The second-order valence-corrected chi connectivity index (χ2v) is 3.71. The van der Waals surface area contributed by atoms with Gasteiger partial charge >= 0.3 is 6.18 Å². The van der Waals surface area contributed by atoms with E-state index in [4.69, 9.17) is 11.6 Å². The normalized spacial score (nSPS) is 13.6. The molecule has 0 spiro atoms. The Morgan fingerprint density at radius 1 is 1.31 bits per heavy atom. The minimum Gasteiger partial charge on any atom is -0.298 e. The summed E-state index contributed by atoms with van der Waals surface area (Å²) in [4.78, 5) is 11.2. The Morgan fingerprint density at radius 3 is 2.19 bits per heavy atom. The first-order valence-electron chi connectivity index (χ1n) is 4.62. The highest BCUT2D eigenvalue weighted by Crippen LogP contribution is 2.30. The molecule has 0 saturated heterocycles. The Balaban J connectivity index is 2.91. The SMILES string of the molecule is CC(C(=O)CCl)c1ccc(C(F)(F)F)cc1. The van der Waals surface area contributed by atoms with Crippen molar-refractivity contribution in [1.82, 2.24) is 0 Å². The molecule has 0 bridgehead atoms. The lowest BCUT2D eigenvalue weighted by Gasteiger charge is -2.11. The number of Topliss-reactive ketones (excluding diaryl/α,β-unsaturated/α-hetero) is 1. The van der Waals surface area contributed by atoms with Crippen LogP contribution in [-0.2, 0) is 11.0 Å². The number of benzene rings is 1. The second kappa shape index (κ2) is 4.87. The zero-order chi connectivity index (χ0) is 12.3. The predicted octanol–water partition coefficient (Wildman–Crippen LogP) is 3.62. The average molecular weight is 251 g/mol. The Bertz CT molecular complexity index is 370. The van der Waals surface area contributed by atoms with Gasteiger partial charge in [-0.3, -0.25) is 4.79 Å². The van der Waals surface area contributed by atoms with Crippen molar-refractivity contribution < 1.29 is 18.0 Å². The van der Waals surface area contributed by atoms with Gasteiger partial charge in [0.2, 0.25) is 0 Å². The zero-order valence-corrected chi connectivity index (χ0v) is 9.27. The lowest BCUT2D eigenvalue weighted by atomic mass is 9.96. The van der Waals surface area contributed by atoms with Crippen LogP contribution in [0.15, 0.2) is 24.3 Å². The highest BCUT2D eigenvalue weighted by atomic mass is 35.5. The summed E-state index contributed by atoms with van der Waals surface area (Å²) in [6, 6.07) is 4.54. The van der Waals surface area contributed by atoms with E-state index in [2.05, 4.69) is 0 Å². The van der Waals surface area contributed by atoms with E-state index in [1.54, 1.807) is 6.92 Å². The third-order valence-electron chi connectivity index (χ3n) is 2.35. The molecule has 1 rings (SSSR count). The quantitative estimate of drug-likeness (QED) is 0.749. The predicted molar refractivity (Wildman–Crippen MR) is 55.6 cm³/mol. The number of carbonyl (C=O) groups excluding carboxylic acids is 1. The molecule has 16 heavy (non-hydrogen) atoms. The van der Waals surface area contributed by atoms with Crippen molar-refractivity contribution >= 4 is 17.4 Å². The van der Waals surface area contributed by atoms with E-state index in [0.29, 0.717) is 5.56 Å². The Hall–Kier alpha value is -1.03. The highest BCUT2D eigenvalue weighted by Gasteiger charge is 2.30. The van der Waals surface area contributed by atoms with Crippen molar-refractivity contribution in [3.8, 4) is 0 Å². The smallest absolute Gasteiger partial charge is 0.298 e. The molecule has 1 aromatic rings. The third kappa shape index (κ3) is 2.98. The maximum Gasteiger partial charge on any atom is 0.416 e. The van der Waals surface area contributed by atoms with Gasteiger partial charge in [0.25, 0.3) is 0 Å². The fourth-order valence-corrected chi connectivity index (χ4v) is 1.49. The summed E-state index contributed by atoms with van der Waals surface area (Å²) in [5.74, 6) is -0.816. The fraction of sp³-hybridized carbons (Fsp3) is 0.364. The van der Waals surface area contributed by atoms with Crippen LogP contribution in [0.2, 0.25) is 0 Å². The monoisotopic (exact) mass is 250 g/mol. The molecular formula is C11H10ClF3O. The maximum absolute atomic E-state index is 12.3. The summed E-state index contributed by atoms with van der Waals surface area (Å²) >= 11 is 5.37. The minimum atomic E-state index is -4.35. The van der Waals surface area contributed by atoms with Crippen LogP contribution in [0.25, 0.3) is 0 Å². The molecule has 0 N–H and O–H groups in total. The van der Waals surface area contributed by atoms with E-state index in [-0.39, 0.29) is 11.7 Å². The topological polar surface area (TPSA) is 17.1 Å². The largest absolute Gasteiger partial charge is 0.416 e. The van der Waals surface area contributed by atoms with Gasteiger partial charge in [0.1, 0.15) is 0 Å². The number of halogens is 4. The number of rotatable bonds is 3. The molecule has 0 fully saturated rings. The molecule has 0 aliphatic rings. The Morgan fingerprint density at radius 2 is 1.81 bits per heavy atom. The first-order valence-corrected chi connectivity index (χ1v) is 5.15. The molecular weight excluding hydrogens is 241 g/mol. The Labute approximate surface area is 96.2 Å². The summed E-state index contributed by atoms with van der Waals surface area (Å²) in [5, 5.41) is 0. The fourth-order valence-electron chi connectivity index (χ4n) is 1.26. The molecule has 0 aliphatic heterocycles. The first-order chi connectivity index (χ1) is 7.36. The molecule has 0 heterocycles. The second-order valence-electron chi connectivity index (χ2n) is 3.44. The minimum absolute atomic E-state index is 0.137. The summed E-state index contributed by atoms with van der Waals surface area (Å²) in [6.07, 6.45) is -4.35. The van der Waals surface area contributed by atoms with E-state index < -0.39 is 17.7 Å². The molecule has 0 aromatic heterocycles. The number of alkyl halides is 4. The van der Waals surface area contributed by atoms with Gasteiger partial charge in [-0.1, -0.05) is 19.1 Å². The van der Waals surface area contributed by atoms with Crippen molar-refractivity contribution in [2.45, 2.75) is 19.0 Å². The number of carbonyl (C=O) groups is 1. The molecule has 0 radical (unpaired) electrons. The summed E-state index contributed by atoms with van der Waals surface area (Å²) in [5.41, 5.74) is -0.180. The van der Waals surface area contributed by atoms with Crippen LogP contribution < -0.4 is 0 Å². The van der Waals surface area contributed by atoms with Crippen LogP contribution in [0.4, 0.5) is 13.2 Å². The van der Waals surface area contributed by atoms with Gasteiger partial charge in [0.05, 0.1) is 11.4 Å². The van der Waals surface area contributed by atoms with Gasteiger partial charge in [0.15, 0.2) is 5.78 Å². The van der Waals surface area contributed by atoms with E-state index in [9.17, 15) is 18.0 Å². The summed E-state index contributed by atoms with van der Waals surface area (Å²) in [6.45, 7) is 1.62. The Kier molecular flexibility index (Phi) is 3.97. The van der Waals surface area contributed by atoms with Gasteiger partial charge in [-0.25, -0.2) is 0 Å². The van der Waals surface area contributed by atoms with Crippen LogP contribution in [0.3, 0.4) is 0 Å². The molecule has 5 heteroatoms. The van der Waals surface area contributed by atoms with E-state index >= 15 is 0 Å². The lowest BCUT2D eigenvalue weighted by Crippen LogP contribution is -2.11.